The molecular weight excluding hydrogens is 328 g/mol. The minimum absolute atomic E-state index is 0.107. The van der Waals surface area contributed by atoms with Gasteiger partial charge in [-0.1, -0.05) is 26.0 Å². The first-order valence-electron chi connectivity index (χ1n) is 7.64. The number of H-pyrrole nitrogens is 1. The molecule has 0 unspecified atom stereocenters. The van der Waals surface area contributed by atoms with Gasteiger partial charge >= 0.3 is 0 Å². The fourth-order valence-electron chi connectivity index (χ4n) is 2.23. The molecule has 2 N–H and O–H groups in total. The van der Waals surface area contributed by atoms with Gasteiger partial charge in [0, 0.05) is 18.3 Å². The number of hydrogen-bond acceptors (Lipinski definition) is 5. The summed E-state index contributed by atoms with van der Waals surface area (Å²) in [6.07, 6.45) is 2.85. The first-order valence-corrected chi connectivity index (χ1v) is 9.13. The first kappa shape index (κ1) is 16.3. The van der Waals surface area contributed by atoms with Crippen molar-refractivity contribution in [2.24, 2.45) is 0 Å². The lowest BCUT2D eigenvalue weighted by Crippen LogP contribution is -2.12. The lowest BCUT2D eigenvalue weighted by Gasteiger charge is -2.07. The average molecular weight is 346 g/mol. The SMILES string of the molecule is CCc1cccc(NS(=O)(=O)c2c[nH]c(-c3nnc(CC)o3)c2)c1. The normalized spacial score (nSPS) is 11.6. The zero-order valence-electron chi connectivity index (χ0n) is 13.4. The molecule has 3 rings (SSSR count). The smallest absolute Gasteiger partial charge is 0.264 e. The van der Waals surface area contributed by atoms with Gasteiger partial charge in [-0.2, -0.15) is 0 Å². The Morgan fingerprint density at radius 3 is 2.71 bits per heavy atom. The molecule has 7 nitrogen and oxygen atoms in total. The number of aryl methyl sites for hydroxylation is 2. The predicted molar refractivity (Wildman–Crippen MR) is 90.1 cm³/mol. The Balaban J connectivity index is 1.84. The van der Waals surface area contributed by atoms with Crippen LogP contribution < -0.4 is 4.72 Å². The van der Waals surface area contributed by atoms with Gasteiger partial charge in [0.2, 0.25) is 5.89 Å². The lowest BCUT2D eigenvalue weighted by atomic mass is 10.1. The van der Waals surface area contributed by atoms with Crippen molar-refractivity contribution in [3.05, 3.63) is 48.0 Å². The van der Waals surface area contributed by atoms with Crippen LogP contribution in [0.1, 0.15) is 25.3 Å². The molecule has 0 aliphatic heterocycles. The number of sulfonamides is 1. The van der Waals surface area contributed by atoms with Crippen molar-refractivity contribution in [3.63, 3.8) is 0 Å². The van der Waals surface area contributed by atoms with Gasteiger partial charge in [-0.15, -0.1) is 10.2 Å². The molecule has 3 aromatic rings. The van der Waals surface area contributed by atoms with Crippen molar-refractivity contribution in [1.82, 2.24) is 15.2 Å². The van der Waals surface area contributed by atoms with Gasteiger partial charge in [-0.3, -0.25) is 4.72 Å². The third kappa shape index (κ3) is 3.33. The highest BCUT2D eigenvalue weighted by Crippen LogP contribution is 2.23. The minimum Gasteiger partial charge on any atom is -0.419 e. The molecule has 0 aliphatic carbocycles. The van der Waals surface area contributed by atoms with Gasteiger partial charge in [0.05, 0.1) is 0 Å². The van der Waals surface area contributed by atoms with Gasteiger partial charge in [0.1, 0.15) is 10.6 Å². The number of aromatic amines is 1. The van der Waals surface area contributed by atoms with Crippen molar-refractivity contribution < 1.29 is 12.8 Å². The Bertz CT molecular complexity index is 944. The molecule has 2 heterocycles. The van der Waals surface area contributed by atoms with Crippen LogP contribution in [-0.2, 0) is 22.9 Å². The minimum atomic E-state index is -3.70. The van der Waals surface area contributed by atoms with Crippen molar-refractivity contribution in [2.45, 2.75) is 31.6 Å². The van der Waals surface area contributed by atoms with Crippen LogP contribution in [0, 0.1) is 0 Å². The van der Waals surface area contributed by atoms with Crippen LogP contribution in [0.15, 0.2) is 45.8 Å². The van der Waals surface area contributed by atoms with Crippen LogP contribution in [0.2, 0.25) is 0 Å². The molecule has 126 valence electrons. The van der Waals surface area contributed by atoms with E-state index in [0.29, 0.717) is 23.7 Å². The molecule has 8 heteroatoms. The molecular formula is C16H18N4O3S. The summed E-state index contributed by atoms with van der Waals surface area (Å²) in [5.74, 6) is 0.764. The fourth-order valence-corrected chi connectivity index (χ4v) is 3.27. The van der Waals surface area contributed by atoms with E-state index in [9.17, 15) is 8.42 Å². The Kier molecular flexibility index (Phi) is 4.39. The van der Waals surface area contributed by atoms with E-state index in [4.69, 9.17) is 4.42 Å². The van der Waals surface area contributed by atoms with Crippen molar-refractivity contribution >= 4 is 15.7 Å². The largest absolute Gasteiger partial charge is 0.419 e. The number of benzene rings is 1. The Morgan fingerprint density at radius 1 is 1.17 bits per heavy atom. The zero-order chi connectivity index (χ0) is 17.2. The van der Waals surface area contributed by atoms with Crippen LogP contribution >= 0.6 is 0 Å². The molecule has 0 saturated heterocycles. The van der Waals surface area contributed by atoms with E-state index in [-0.39, 0.29) is 10.8 Å². The maximum absolute atomic E-state index is 12.5. The maximum Gasteiger partial charge on any atom is 0.264 e. The second-order valence-corrected chi connectivity index (χ2v) is 6.95. The molecule has 0 aliphatic rings. The summed E-state index contributed by atoms with van der Waals surface area (Å²) in [5, 5.41) is 7.76. The second-order valence-electron chi connectivity index (χ2n) is 5.26. The topological polar surface area (TPSA) is 101 Å². The van der Waals surface area contributed by atoms with Crippen molar-refractivity contribution in [3.8, 4) is 11.6 Å². The third-order valence-corrected chi connectivity index (χ3v) is 4.91. The van der Waals surface area contributed by atoms with Crippen molar-refractivity contribution in [2.75, 3.05) is 4.72 Å². The van der Waals surface area contributed by atoms with E-state index in [2.05, 4.69) is 19.9 Å². The number of aromatic nitrogens is 3. The average Bonchev–Trinajstić information content (AvgIpc) is 3.23. The zero-order valence-corrected chi connectivity index (χ0v) is 14.2. The van der Waals surface area contributed by atoms with Crippen LogP contribution in [-0.4, -0.2) is 23.6 Å². The number of anilines is 1. The Labute approximate surface area is 140 Å². The Hall–Kier alpha value is -2.61. The molecule has 0 fully saturated rings. The van der Waals surface area contributed by atoms with E-state index in [1.165, 1.54) is 12.3 Å². The molecule has 0 bridgehead atoms. The molecule has 0 radical (unpaired) electrons. The van der Waals surface area contributed by atoms with E-state index in [1.54, 1.807) is 6.07 Å². The number of hydrogen-bond donors (Lipinski definition) is 2. The molecule has 2 aromatic heterocycles. The highest BCUT2D eigenvalue weighted by atomic mass is 32.2. The number of nitrogens with zero attached hydrogens (tertiary/aromatic N) is 2. The van der Waals surface area contributed by atoms with Crippen LogP contribution in [0.4, 0.5) is 5.69 Å². The number of rotatable bonds is 6. The highest BCUT2D eigenvalue weighted by molar-refractivity contribution is 7.92. The molecule has 0 spiro atoms. The molecule has 0 amide bonds. The third-order valence-electron chi connectivity index (χ3n) is 3.55. The van der Waals surface area contributed by atoms with Gasteiger partial charge < -0.3 is 9.40 Å². The maximum atomic E-state index is 12.5. The first-order chi connectivity index (χ1) is 11.5. The lowest BCUT2D eigenvalue weighted by molar-refractivity contribution is 0.511. The second kappa shape index (κ2) is 6.48. The number of nitrogens with one attached hydrogen (secondary N) is 2. The summed E-state index contributed by atoms with van der Waals surface area (Å²) >= 11 is 0. The van der Waals surface area contributed by atoms with Gasteiger partial charge in [0.25, 0.3) is 15.9 Å². The van der Waals surface area contributed by atoms with Gasteiger partial charge in [0.15, 0.2) is 0 Å². The quantitative estimate of drug-likeness (QED) is 0.714. The predicted octanol–water partition coefficient (Wildman–Crippen LogP) is 2.99. The van der Waals surface area contributed by atoms with Gasteiger partial charge in [-0.25, -0.2) is 8.42 Å². The van der Waals surface area contributed by atoms with E-state index in [1.807, 2.05) is 32.0 Å². The standard InChI is InChI=1S/C16H18N4O3S/c1-3-11-6-5-7-12(8-11)20-24(21,22)13-9-14(17-10-13)16-19-18-15(4-2)23-16/h5-10,17,20H,3-4H2,1-2H3. The summed E-state index contributed by atoms with van der Waals surface area (Å²) in [6.45, 7) is 3.91. The van der Waals surface area contributed by atoms with Crippen molar-refractivity contribution in [1.29, 1.82) is 0 Å². The molecule has 0 saturated carbocycles. The van der Waals surface area contributed by atoms with E-state index >= 15 is 0 Å². The van der Waals surface area contributed by atoms with Gasteiger partial charge in [-0.05, 0) is 30.2 Å². The molecule has 24 heavy (non-hydrogen) atoms. The highest BCUT2D eigenvalue weighted by Gasteiger charge is 2.19. The van der Waals surface area contributed by atoms with Crippen LogP contribution in [0.3, 0.4) is 0 Å². The monoisotopic (exact) mass is 346 g/mol. The van der Waals surface area contributed by atoms with Crippen LogP contribution in [0.25, 0.3) is 11.6 Å². The molecule has 1 aromatic carbocycles. The summed E-state index contributed by atoms with van der Waals surface area (Å²) in [4.78, 5) is 2.97. The van der Waals surface area contributed by atoms with Crippen LogP contribution in [0.5, 0.6) is 0 Å². The summed E-state index contributed by atoms with van der Waals surface area (Å²) in [7, 11) is -3.70. The summed E-state index contributed by atoms with van der Waals surface area (Å²) < 4.78 is 33.0. The van der Waals surface area contributed by atoms with E-state index < -0.39 is 10.0 Å². The summed E-state index contributed by atoms with van der Waals surface area (Å²) in [6, 6.07) is 8.78. The Morgan fingerprint density at radius 2 is 2.00 bits per heavy atom. The molecule has 0 atom stereocenters. The summed E-state index contributed by atoms with van der Waals surface area (Å²) in [5.41, 5.74) is 2.05. The van der Waals surface area contributed by atoms with E-state index in [0.717, 1.165) is 12.0 Å². The fraction of sp³-hybridized carbons (Fsp3) is 0.250.